The van der Waals surface area contributed by atoms with Gasteiger partial charge in [0.15, 0.2) is 12.5 Å². The molecule has 0 aromatic heterocycles. The number of ketones is 1. The second-order valence-corrected chi connectivity index (χ2v) is 9.87. The summed E-state index contributed by atoms with van der Waals surface area (Å²) in [7, 11) is -1.86. The fraction of sp³-hybridized carbons (Fsp3) is 0.227. The molecule has 0 radical (unpaired) electrons. The Kier molecular flexibility index (Phi) is 5.59. The van der Waals surface area contributed by atoms with Crippen LogP contribution in [0.3, 0.4) is 0 Å². The van der Waals surface area contributed by atoms with Gasteiger partial charge in [0, 0.05) is 29.1 Å². The van der Waals surface area contributed by atoms with Gasteiger partial charge in [-0.2, -0.15) is 0 Å². The summed E-state index contributed by atoms with van der Waals surface area (Å²) >= 11 is 0. The molecule has 5 rings (SSSR count). The predicted octanol–water partition coefficient (Wildman–Crippen LogP) is 4.00. The molecule has 0 amide bonds. The van der Waals surface area contributed by atoms with Gasteiger partial charge in [0.25, 0.3) is 0 Å². The van der Waals surface area contributed by atoms with E-state index in [1.165, 1.54) is 22.2 Å². The molecule has 3 aromatic rings. The van der Waals surface area contributed by atoms with Crippen LogP contribution in [0, 0.1) is 0 Å². The molecule has 3 aromatic carbocycles. The normalized spacial score (nSPS) is 17.2. The van der Waals surface area contributed by atoms with Crippen LogP contribution in [-0.2, 0) is 6.54 Å². The molecule has 3 nitrogen and oxygen atoms in total. The molecule has 1 heterocycles. The van der Waals surface area contributed by atoms with Crippen LogP contribution in [0.25, 0.3) is 21.9 Å². The summed E-state index contributed by atoms with van der Waals surface area (Å²) in [5.74, 6) is 0.145. The summed E-state index contributed by atoms with van der Waals surface area (Å²) in [5, 5.41) is 2.35. The number of fused-ring (bicyclic) bond motifs is 4. The van der Waals surface area contributed by atoms with Gasteiger partial charge in [0.05, 0.1) is 19.8 Å². The summed E-state index contributed by atoms with van der Waals surface area (Å²) in [6, 6.07) is 16.5. The zero-order chi connectivity index (χ0) is 22.8. The average Bonchev–Trinajstić information content (AvgIpc) is 2.63. The monoisotopic (exact) mass is 474 g/mol. The van der Waals surface area contributed by atoms with Gasteiger partial charge < -0.3 is 14.1 Å². The third-order valence-corrected chi connectivity index (χ3v) is 5.55. The van der Waals surface area contributed by atoms with Crippen molar-refractivity contribution in [3.05, 3.63) is 65.2 Å². The minimum atomic E-state index is -8.55. The molecule has 10 heteroatoms. The molecule has 0 bridgehead atoms. The molecule has 1 aliphatic carbocycles. The Bertz CT molecular complexity index is 1220. The second kappa shape index (κ2) is 7.46. The van der Waals surface area contributed by atoms with Gasteiger partial charge in [-0.3, -0.25) is 4.79 Å². The van der Waals surface area contributed by atoms with Crippen molar-refractivity contribution in [2.45, 2.75) is 6.54 Å². The Hall–Kier alpha value is -2.64. The van der Waals surface area contributed by atoms with Crippen LogP contribution in [-0.4, -0.2) is 38.1 Å². The van der Waals surface area contributed by atoms with Crippen LogP contribution in [0.2, 0.25) is 0 Å². The zero-order valence-electron chi connectivity index (χ0n) is 17.6. The number of benzene rings is 3. The van der Waals surface area contributed by atoms with Gasteiger partial charge in [-0.15, -0.1) is 0 Å². The third-order valence-electron chi connectivity index (χ3n) is 5.55. The van der Waals surface area contributed by atoms with Crippen LogP contribution >= 0.6 is 8.16 Å². The van der Waals surface area contributed by atoms with Crippen LogP contribution in [0.15, 0.2) is 48.5 Å². The SMILES string of the molecule is CN1C[N+](C)(C)Cc2c1cc1c3c(cccc23)C(=O)c2ccccc2-1.FP(F)(F)(F)F.[F-]. The number of anilines is 1. The summed E-state index contributed by atoms with van der Waals surface area (Å²) in [6.07, 6.45) is 0. The van der Waals surface area contributed by atoms with E-state index in [4.69, 9.17) is 0 Å². The molecule has 0 saturated heterocycles. The Labute approximate surface area is 181 Å². The van der Waals surface area contributed by atoms with Gasteiger partial charge in [0.1, 0.15) is 6.54 Å². The van der Waals surface area contributed by atoms with Crippen LogP contribution in [0.5, 0.6) is 0 Å². The van der Waals surface area contributed by atoms with Gasteiger partial charge >= 0.3 is 29.1 Å². The van der Waals surface area contributed by atoms with Gasteiger partial charge in [-0.25, -0.2) is 0 Å². The molecule has 172 valence electrons. The summed E-state index contributed by atoms with van der Waals surface area (Å²) in [6.45, 7) is 1.97. The van der Waals surface area contributed by atoms with E-state index in [0.29, 0.717) is 0 Å². The fourth-order valence-electron chi connectivity index (χ4n) is 4.63. The average molecular weight is 474 g/mol. The first-order valence-corrected chi connectivity index (χ1v) is 11.3. The van der Waals surface area contributed by atoms with Gasteiger partial charge in [-0.1, -0.05) is 42.5 Å². The number of rotatable bonds is 0. The van der Waals surface area contributed by atoms with Crippen molar-refractivity contribution < 1.29 is 35.0 Å². The number of hydrogen-bond donors (Lipinski definition) is 0. The minimum absolute atomic E-state index is 0. The minimum Gasteiger partial charge on any atom is -1.00 e. The standard InChI is InChI=1S/C22H21N2O.F5P.FH/c1-23-13-24(2,3)12-19-15-9-6-10-17-21(15)18(11-20(19)23)14-7-4-5-8-16(14)22(17)25;1-6(2,3,4)5;/h4-11H,12-13H2,1-3H3;;1H/q+1;;/p-1. The van der Waals surface area contributed by atoms with Crippen molar-refractivity contribution in [3.63, 3.8) is 0 Å². The molecule has 0 unspecified atom stereocenters. The number of carbonyl (C=O) groups excluding carboxylic acids is 1. The quantitative estimate of drug-likeness (QED) is 0.218. The second-order valence-electron chi connectivity index (χ2n) is 8.60. The van der Waals surface area contributed by atoms with E-state index in [0.717, 1.165) is 39.8 Å². The van der Waals surface area contributed by atoms with Gasteiger partial charge in [-0.05, 0) is 22.6 Å². The van der Waals surface area contributed by atoms with Crippen molar-refractivity contribution in [1.29, 1.82) is 0 Å². The molecule has 32 heavy (non-hydrogen) atoms. The largest absolute Gasteiger partial charge is 1.00 e. The van der Waals surface area contributed by atoms with E-state index in [-0.39, 0.29) is 10.5 Å². The van der Waals surface area contributed by atoms with Crippen LogP contribution in [0.1, 0.15) is 21.5 Å². The van der Waals surface area contributed by atoms with Crippen molar-refractivity contribution in [1.82, 2.24) is 0 Å². The molecule has 0 spiro atoms. The van der Waals surface area contributed by atoms with E-state index in [2.05, 4.69) is 44.2 Å². The first-order valence-electron chi connectivity index (χ1n) is 9.57. The predicted molar refractivity (Wildman–Crippen MR) is 114 cm³/mol. The van der Waals surface area contributed by atoms with Crippen LogP contribution < -0.4 is 9.60 Å². The maximum atomic E-state index is 13.0. The zero-order valence-corrected chi connectivity index (χ0v) is 18.4. The first kappa shape index (κ1) is 24.0. The molecule has 0 saturated carbocycles. The number of quaternary nitrogens is 1. The summed E-state index contributed by atoms with van der Waals surface area (Å²) in [5.41, 5.74) is 6.56. The maximum Gasteiger partial charge on any atom is -1.00 e. The van der Waals surface area contributed by atoms with Crippen molar-refractivity contribution in [3.8, 4) is 11.1 Å². The third kappa shape index (κ3) is 4.59. The van der Waals surface area contributed by atoms with E-state index >= 15 is 0 Å². The van der Waals surface area contributed by atoms with E-state index in [9.17, 15) is 25.8 Å². The smallest absolute Gasteiger partial charge is 1.00 e. The van der Waals surface area contributed by atoms with E-state index in [1.54, 1.807) is 0 Å². The number of nitrogens with zero attached hydrogens (tertiary/aromatic N) is 2. The van der Waals surface area contributed by atoms with Gasteiger partial charge in [0.2, 0.25) is 0 Å². The Morgan fingerprint density at radius 2 is 1.44 bits per heavy atom. The van der Waals surface area contributed by atoms with Crippen molar-refractivity contribution in [2.75, 3.05) is 32.7 Å². The number of carbonyl (C=O) groups is 1. The van der Waals surface area contributed by atoms with E-state index in [1.807, 2.05) is 30.3 Å². The first-order chi connectivity index (χ1) is 14.2. The summed E-state index contributed by atoms with van der Waals surface area (Å²) in [4.78, 5) is 15.4. The van der Waals surface area contributed by atoms with Crippen molar-refractivity contribution in [2.24, 2.45) is 0 Å². The Morgan fingerprint density at radius 1 is 0.875 bits per heavy atom. The molecule has 0 atom stereocenters. The van der Waals surface area contributed by atoms with E-state index < -0.39 is 8.16 Å². The summed E-state index contributed by atoms with van der Waals surface area (Å²) < 4.78 is 50.1. The topological polar surface area (TPSA) is 20.3 Å². The molecule has 1 aliphatic heterocycles. The molecular formula is C22H21F6N2OP. The Morgan fingerprint density at radius 3 is 2.06 bits per heavy atom. The fourth-order valence-corrected chi connectivity index (χ4v) is 4.63. The number of halogens is 6. The molecular weight excluding hydrogens is 453 g/mol. The molecule has 0 N–H and O–H groups in total. The maximum absolute atomic E-state index is 13.0. The van der Waals surface area contributed by atoms with Crippen molar-refractivity contribution >= 4 is 30.4 Å². The molecule has 2 aliphatic rings. The Balaban J connectivity index is 0.000000368. The van der Waals surface area contributed by atoms with Crippen LogP contribution in [0.4, 0.5) is 26.7 Å². The molecule has 0 fully saturated rings. The number of hydrogen-bond acceptors (Lipinski definition) is 2.